The minimum Gasteiger partial charge on any atom is -0.369 e. The van der Waals surface area contributed by atoms with Crippen molar-refractivity contribution in [2.24, 2.45) is 0 Å². The summed E-state index contributed by atoms with van der Waals surface area (Å²) in [6, 6.07) is 8.07. The van der Waals surface area contributed by atoms with E-state index in [1.807, 2.05) is 23.1 Å². The van der Waals surface area contributed by atoms with Gasteiger partial charge in [0.1, 0.15) is 11.5 Å². The third-order valence-corrected chi connectivity index (χ3v) is 4.31. The fourth-order valence-corrected chi connectivity index (χ4v) is 3.02. The normalized spacial score (nSPS) is 13.6. The number of nitrogens with zero attached hydrogens (tertiary/aromatic N) is 4. The van der Waals surface area contributed by atoms with Crippen LogP contribution in [0.1, 0.15) is 28.9 Å². The van der Waals surface area contributed by atoms with Gasteiger partial charge in [-0.2, -0.15) is 0 Å². The SMILES string of the molecule is CN(C)CCCNc1cnc(C(=O)N2CCCc3ccccc32)cn1. The van der Waals surface area contributed by atoms with Gasteiger partial charge >= 0.3 is 0 Å². The first-order valence-corrected chi connectivity index (χ1v) is 8.75. The molecule has 0 radical (unpaired) electrons. The van der Waals surface area contributed by atoms with Crippen molar-refractivity contribution in [2.45, 2.75) is 19.3 Å². The summed E-state index contributed by atoms with van der Waals surface area (Å²) in [4.78, 5) is 25.4. The van der Waals surface area contributed by atoms with Gasteiger partial charge in [0.2, 0.25) is 0 Å². The van der Waals surface area contributed by atoms with Crippen LogP contribution in [0.25, 0.3) is 0 Å². The largest absolute Gasteiger partial charge is 0.369 e. The first-order chi connectivity index (χ1) is 12.1. The first kappa shape index (κ1) is 17.4. The van der Waals surface area contributed by atoms with Crippen LogP contribution in [0.4, 0.5) is 11.5 Å². The highest BCUT2D eigenvalue weighted by Gasteiger charge is 2.24. The summed E-state index contributed by atoms with van der Waals surface area (Å²) >= 11 is 0. The fraction of sp³-hybridized carbons (Fsp3) is 0.421. The molecule has 1 aliphatic rings. The van der Waals surface area contributed by atoms with Crippen molar-refractivity contribution in [2.75, 3.05) is 43.9 Å². The van der Waals surface area contributed by atoms with Crippen LogP contribution in [0.3, 0.4) is 0 Å². The lowest BCUT2D eigenvalue weighted by Gasteiger charge is -2.29. The molecule has 0 fully saturated rings. The number of aryl methyl sites for hydroxylation is 1. The molecule has 1 aromatic carbocycles. The van der Waals surface area contributed by atoms with Crippen molar-refractivity contribution < 1.29 is 4.79 Å². The number of benzene rings is 1. The van der Waals surface area contributed by atoms with Gasteiger partial charge in [-0.3, -0.25) is 4.79 Å². The maximum absolute atomic E-state index is 12.8. The van der Waals surface area contributed by atoms with Gasteiger partial charge in [-0.1, -0.05) is 18.2 Å². The Kier molecular flexibility index (Phi) is 5.60. The molecule has 0 saturated heterocycles. The van der Waals surface area contributed by atoms with Crippen LogP contribution in [-0.4, -0.2) is 54.5 Å². The lowest BCUT2D eigenvalue weighted by molar-refractivity contribution is 0.0980. The van der Waals surface area contributed by atoms with E-state index in [9.17, 15) is 4.79 Å². The Labute approximate surface area is 148 Å². The molecule has 2 heterocycles. The number of amides is 1. The number of anilines is 2. The maximum atomic E-state index is 12.8. The van der Waals surface area contributed by atoms with E-state index in [2.05, 4.69) is 40.3 Å². The molecular formula is C19H25N5O. The van der Waals surface area contributed by atoms with Crippen LogP contribution in [-0.2, 0) is 6.42 Å². The lowest BCUT2D eigenvalue weighted by atomic mass is 10.0. The Balaban J connectivity index is 1.64. The van der Waals surface area contributed by atoms with Crippen LogP contribution in [0.15, 0.2) is 36.7 Å². The number of fused-ring (bicyclic) bond motifs is 1. The summed E-state index contributed by atoms with van der Waals surface area (Å²) in [5.41, 5.74) is 2.59. The van der Waals surface area contributed by atoms with Crippen molar-refractivity contribution in [1.29, 1.82) is 0 Å². The van der Waals surface area contributed by atoms with Gasteiger partial charge in [-0.15, -0.1) is 0 Å². The van der Waals surface area contributed by atoms with Crippen LogP contribution in [0.5, 0.6) is 0 Å². The molecule has 132 valence electrons. The van der Waals surface area contributed by atoms with E-state index in [1.54, 1.807) is 12.4 Å². The molecular weight excluding hydrogens is 314 g/mol. The predicted octanol–water partition coefficient (Wildman–Crippen LogP) is 2.43. The Morgan fingerprint density at radius 2 is 2.08 bits per heavy atom. The molecule has 6 heteroatoms. The standard InChI is InChI=1S/C19H25N5O/c1-23(2)11-6-10-20-18-14-21-16(13-22-18)19(25)24-12-5-8-15-7-3-4-9-17(15)24/h3-4,7,9,13-14H,5-6,8,10-12H2,1-2H3,(H,20,22). The second-order valence-electron chi connectivity index (χ2n) is 6.56. The summed E-state index contributed by atoms with van der Waals surface area (Å²) in [6.07, 6.45) is 6.22. The Hall–Kier alpha value is -2.47. The third-order valence-electron chi connectivity index (χ3n) is 4.31. The van der Waals surface area contributed by atoms with E-state index < -0.39 is 0 Å². The maximum Gasteiger partial charge on any atom is 0.278 e. The topological polar surface area (TPSA) is 61.4 Å². The van der Waals surface area contributed by atoms with E-state index in [-0.39, 0.29) is 5.91 Å². The summed E-state index contributed by atoms with van der Waals surface area (Å²) < 4.78 is 0. The van der Waals surface area contributed by atoms with E-state index >= 15 is 0 Å². The Morgan fingerprint density at radius 3 is 2.84 bits per heavy atom. The van der Waals surface area contributed by atoms with Gasteiger partial charge in [-0.25, -0.2) is 9.97 Å². The zero-order valence-electron chi connectivity index (χ0n) is 14.9. The number of carbonyl (C=O) groups excluding carboxylic acids is 1. The minimum atomic E-state index is -0.0844. The van der Waals surface area contributed by atoms with Crippen molar-refractivity contribution in [3.05, 3.63) is 47.9 Å². The zero-order chi connectivity index (χ0) is 17.6. The van der Waals surface area contributed by atoms with Crippen molar-refractivity contribution in [3.63, 3.8) is 0 Å². The molecule has 0 aliphatic carbocycles. The van der Waals surface area contributed by atoms with E-state index in [0.717, 1.165) is 44.6 Å². The molecule has 1 amide bonds. The van der Waals surface area contributed by atoms with Gasteiger partial charge in [0.05, 0.1) is 12.4 Å². The quantitative estimate of drug-likeness (QED) is 0.819. The van der Waals surface area contributed by atoms with Crippen molar-refractivity contribution in [3.8, 4) is 0 Å². The molecule has 2 aromatic rings. The highest BCUT2D eigenvalue weighted by Crippen LogP contribution is 2.27. The number of nitrogens with one attached hydrogen (secondary N) is 1. The monoisotopic (exact) mass is 339 g/mol. The average Bonchev–Trinajstić information content (AvgIpc) is 2.64. The van der Waals surface area contributed by atoms with Gasteiger partial charge in [0, 0.05) is 18.8 Å². The predicted molar refractivity (Wildman–Crippen MR) is 100 cm³/mol. The van der Waals surface area contributed by atoms with E-state index in [4.69, 9.17) is 0 Å². The smallest absolute Gasteiger partial charge is 0.278 e. The molecule has 0 atom stereocenters. The zero-order valence-corrected chi connectivity index (χ0v) is 14.9. The molecule has 1 N–H and O–H groups in total. The number of para-hydroxylation sites is 1. The van der Waals surface area contributed by atoms with Crippen LogP contribution < -0.4 is 10.2 Å². The van der Waals surface area contributed by atoms with Crippen LogP contribution >= 0.6 is 0 Å². The number of carbonyl (C=O) groups is 1. The Morgan fingerprint density at radius 1 is 1.24 bits per heavy atom. The molecule has 3 rings (SSSR count). The van der Waals surface area contributed by atoms with Crippen LogP contribution in [0, 0.1) is 0 Å². The first-order valence-electron chi connectivity index (χ1n) is 8.75. The Bertz CT molecular complexity index is 714. The number of hydrogen-bond acceptors (Lipinski definition) is 5. The fourth-order valence-electron chi connectivity index (χ4n) is 3.02. The molecule has 0 unspecified atom stereocenters. The molecule has 1 aromatic heterocycles. The summed E-state index contributed by atoms with van der Waals surface area (Å²) in [5.74, 6) is 0.619. The minimum absolute atomic E-state index is 0.0844. The molecule has 0 spiro atoms. The summed E-state index contributed by atoms with van der Waals surface area (Å²) in [6.45, 7) is 2.58. The number of aromatic nitrogens is 2. The highest BCUT2D eigenvalue weighted by atomic mass is 16.2. The molecule has 1 aliphatic heterocycles. The molecule has 6 nitrogen and oxygen atoms in total. The molecule has 25 heavy (non-hydrogen) atoms. The van der Waals surface area contributed by atoms with Crippen molar-refractivity contribution >= 4 is 17.4 Å². The second-order valence-corrected chi connectivity index (χ2v) is 6.56. The number of rotatable bonds is 6. The van der Waals surface area contributed by atoms with Gasteiger partial charge in [0.25, 0.3) is 5.91 Å². The summed E-state index contributed by atoms with van der Waals surface area (Å²) in [7, 11) is 4.11. The molecule has 0 bridgehead atoms. The lowest BCUT2D eigenvalue weighted by Crippen LogP contribution is -2.36. The average molecular weight is 339 g/mol. The van der Waals surface area contributed by atoms with Crippen molar-refractivity contribution in [1.82, 2.24) is 14.9 Å². The third kappa shape index (κ3) is 4.33. The van der Waals surface area contributed by atoms with E-state index in [1.165, 1.54) is 5.56 Å². The van der Waals surface area contributed by atoms with Crippen LogP contribution in [0.2, 0.25) is 0 Å². The summed E-state index contributed by atoms with van der Waals surface area (Å²) in [5, 5.41) is 3.24. The van der Waals surface area contributed by atoms with Gasteiger partial charge in [0.15, 0.2) is 0 Å². The van der Waals surface area contributed by atoms with E-state index in [0.29, 0.717) is 11.5 Å². The highest BCUT2D eigenvalue weighted by molar-refractivity contribution is 6.05. The number of hydrogen-bond donors (Lipinski definition) is 1. The second kappa shape index (κ2) is 8.07. The van der Waals surface area contributed by atoms with Gasteiger partial charge in [-0.05, 0) is 51.5 Å². The molecule has 0 saturated carbocycles. The van der Waals surface area contributed by atoms with Gasteiger partial charge < -0.3 is 15.1 Å².